The zero-order valence-corrected chi connectivity index (χ0v) is 12.6. The Hall–Kier alpha value is -1.12. The van der Waals surface area contributed by atoms with Gasteiger partial charge in [-0.2, -0.15) is 11.3 Å². The van der Waals surface area contributed by atoms with Crippen molar-refractivity contribution in [1.29, 1.82) is 0 Å². The molecule has 0 saturated carbocycles. The zero-order valence-electron chi connectivity index (χ0n) is 11.8. The van der Waals surface area contributed by atoms with E-state index in [1.54, 1.807) is 11.3 Å². The van der Waals surface area contributed by atoms with Gasteiger partial charge in [-0.1, -0.05) is 0 Å². The van der Waals surface area contributed by atoms with Crippen molar-refractivity contribution in [2.45, 2.75) is 40.7 Å². The third-order valence-corrected chi connectivity index (χ3v) is 4.97. The highest BCUT2D eigenvalue weighted by Gasteiger charge is 2.18. The maximum absolute atomic E-state index is 6.46. The highest BCUT2D eigenvalue weighted by atomic mass is 32.1. The predicted octanol–water partition coefficient (Wildman–Crippen LogP) is 4.34. The fourth-order valence-electron chi connectivity index (χ4n) is 2.61. The van der Waals surface area contributed by atoms with Gasteiger partial charge in [-0.25, -0.2) is 0 Å². The van der Waals surface area contributed by atoms with Crippen LogP contribution in [0, 0.1) is 34.6 Å². The summed E-state index contributed by atoms with van der Waals surface area (Å²) in [5, 5.41) is 4.24. The smallest absolute Gasteiger partial charge is 0.0565 e. The summed E-state index contributed by atoms with van der Waals surface area (Å²) in [5.41, 5.74) is 15.8. The van der Waals surface area contributed by atoms with Gasteiger partial charge in [0.05, 0.1) is 6.04 Å². The second kappa shape index (κ2) is 4.87. The first-order valence-electron chi connectivity index (χ1n) is 6.29. The fourth-order valence-corrected chi connectivity index (χ4v) is 3.31. The van der Waals surface area contributed by atoms with E-state index in [9.17, 15) is 0 Å². The lowest BCUT2D eigenvalue weighted by Gasteiger charge is -2.22. The molecule has 2 N–H and O–H groups in total. The summed E-state index contributed by atoms with van der Waals surface area (Å²) in [7, 11) is 0. The van der Waals surface area contributed by atoms with Gasteiger partial charge < -0.3 is 5.73 Å². The molecule has 0 spiro atoms. The second-order valence-electron chi connectivity index (χ2n) is 5.07. The summed E-state index contributed by atoms with van der Waals surface area (Å²) in [5.74, 6) is 0. The van der Waals surface area contributed by atoms with Crippen molar-refractivity contribution < 1.29 is 0 Å². The standard InChI is InChI=1S/C16H21NS/c1-9-10(2)12(4)15(13(5)11(9)3)16(17)14-6-7-18-8-14/h6-8,16H,17H2,1-5H3. The van der Waals surface area contributed by atoms with Crippen LogP contribution in [0.2, 0.25) is 0 Å². The topological polar surface area (TPSA) is 26.0 Å². The average Bonchev–Trinajstić information content (AvgIpc) is 2.88. The summed E-state index contributed by atoms with van der Waals surface area (Å²) in [4.78, 5) is 0. The molecule has 1 unspecified atom stereocenters. The third-order valence-electron chi connectivity index (χ3n) is 4.27. The molecule has 1 aromatic heterocycles. The van der Waals surface area contributed by atoms with Gasteiger partial charge in [-0.15, -0.1) is 0 Å². The molecule has 96 valence electrons. The maximum atomic E-state index is 6.46. The van der Waals surface area contributed by atoms with E-state index in [4.69, 9.17) is 5.73 Å². The Morgan fingerprint density at radius 2 is 1.39 bits per heavy atom. The van der Waals surface area contributed by atoms with Crippen molar-refractivity contribution >= 4 is 11.3 Å². The minimum Gasteiger partial charge on any atom is -0.320 e. The molecule has 0 aliphatic rings. The molecule has 2 heteroatoms. The molecule has 0 fully saturated rings. The van der Waals surface area contributed by atoms with E-state index in [-0.39, 0.29) is 6.04 Å². The van der Waals surface area contributed by atoms with Crippen molar-refractivity contribution in [3.05, 3.63) is 55.8 Å². The lowest BCUT2D eigenvalue weighted by atomic mass is 9.85. The summed E-state index contributed by atoms with van der Waals surface area (Å²) >= 11 is 1.71. The molecule has 0 radical (unpaired) electrons. The third kappa shape index (κ3) is 2.00. The summed E-state index contributed by atoms with van der Waals surface area (Å²) < 4.78 is 0. The molecule has 1 heterocycles. The summed E-state index contributed by atoms with van der Waals surface area (Å²) in [6.07, 6.45) is 0. The number of benzene rings is 1. The Labute approximate surface area is 114 Å². The predicted molar refractivity (Wildman–Crippen MR) is 80.5 cm³/mol. The van der Waals surface area contributed by atoms with Gasteiger partial charge in [0.1, 0.15) is 0 Å². The number of hydrogen-bond donors (Lipinski definition) is 1. The number of rotatable bonds is 2. The maximum Gasteiger partial charge on any atom is 0.0565 e. The van der Waals surface area contributed by atoms with Crippen LogP contribution in [0.15, 0.2) is 16.8 Å². The lowest BCUT2D eigenvalue weighted by Crippen LogP contribution is -2.16. The molecule has 1 nitrogen and oxygen atoms in total. The Balaban J connectivity index is 2.65. The van der Waals surface area contributed by atoms with Crippen LogP contribution in [0.5, 0.6) is 0 Å². The average molecular weight is 259 g/mol. The van der Waals surface area contributed by atoms with Crippen molar-refractivity contribution in [1.82, 2.24) is 0 Å². The summed E-state index contributed by atoms with van der Waals surface area (Å²) in [6.45, 7) is 11.0. The second-order valence-corrected chi connectivity index (χ2v) is 5.85. The van der Waals surface area contributed by atoms with E-state index in [1.807, 2.05) is 0 Å². The van der Waals surface area contributed by atoms with Crippen molar-refractivity contribution in [2.75, 3.05) is 0 Å². The molecule has 18 heavy (non-hydrogen) atoms. The molecule has 2 rings (SSSR count). The molecule has 0 saturated heterocycles. The van der Waals surface area contributed by atoms with Gasteiger partial charge in [-0.3, -0.25) is 0 Å². The van der Waals surface area contributed by atoms with Crippen LogP contribution in [0.4, 0.5) is 0 Å². The Kier molecular flexibility index (Phi) is 3.60. The van der Waals surface area contributed by atoms with Crippen molar-refractivity contribution in [3.8, 4) is 0 Å². The molecule has 2 aromatic rings. The van der Waals surface area contributed by atoms with Gasteiger partial charge >= 0.3 is 0 Å². The van der Waals surface area contributed by atoms with E-state index in [2.05, 4.69) is 51.4 Å². The minimum atomic E-state index is -0.00532. The van der Waals surface area contributed by atoms with Gasteiger partial charge in [0.2, 0.25) is 0 Å². The van der Waals surface area contributed by atoms with Crippen LogP contribution >= 0.6 is 11.3 Å². The first kappa shape index (κ1) is 13.3. The highest BCUT2D eigenvalue weighted by molar-refractivity contribution is 7.08. The first-order chi connectivity index (χ1) is 8.45. The van der Waals surface area contributed by atoms with Crippen LogP contribution in [0.1, 0.15) is 45.0 Å². The fraction of sp³-hybridized carbons (Fsp3) is 0.375. The van der Waals surface area contributed by atoms with Crippen LogP contribution in [0.25, 0.3) is 0 Å². The quantitative estimate of drug-likeness (QED) is 0.853. The largest absolute Gasteiger partial charge is 0.320 e. The molecule has 0 bridgehead atoms. The Morgan fingerprint density at radius 1 is 0.889 bits per heavy atom. The normalized spacial score (nSPS) is 12.8. The van der Waals surface area contributed by atoms with Gasteiger partial charge in [0, 0.05) is 0 Å². The Morgan fingerprint density at radius 3 is 1.83 bits per heavy atom. The monoisotopic (exact) mass is 259 g/mol. The van der Waals surface area contributed by atoms with Crippen LogP contribution in [-0.4, -0.2) is 0 Å². The van der Waals surface area contributed by atoms with Crippen LogP contribution in [-0.2, 0) is 0 Å². The minimum absolute atomic E-state index is 0.00532. The number of nitrogens with two attached hydrogens (primary N) is 1. The van der Waals surface area contributed by atoms with Gasteiger partial charge in [0.25, 0.3) is 0 Å². The van der Waals surface area contributed by atoms with Crippen molar-refractivity contribution in [3.63, 3.8) is 0 Å². The van der Waals surface area contributed by atoms with Crippen LogP contribution < -0.4 is 5.73 Å². The molecular weight excluding hydrogens is 238 g/mol. The lowest BCUT2D eigenvalue weighted by molar-refractivity contribution is 0.847. The Bertz CT molecular complexity index is 538. The molecule has 1 aromatic carbocycles. The number of hydrogen-bond acceptors (Lipinski definition) is 2. The molecule has 0 aliphatic carbocycles. The van der Waals surface area contributed by atoms with E-state index in [0.717, 1.165) is 0 Å². The van der Waals surface area contributed by atoms with E-state index in [1.165, 1.54) is 38.9 Å². The van der Waals surface area contributed by atoms with E-state index >= 15 is 0 Å². The van der Waals surface area contributed by atoms with Gasteiger partial charge in [-0.05, 0) is 90.4 Å². The molecular formula is C16H21NS. The van der Waals surface area contributed by atoms with Crippen LogP contribution in [0.3, 0.4) is 0 Å². The van der Waals surface area contributed by atoms with Gasteiger partial charge in [0.15, 0.2) is 0 Å². The molecule has 1 atom stereocenters. The summed E-state index contributed by atoms with van der Waals surface area (Å²) in [6, 6.07) is 2.12. The van der Waals surface area contributed by atoms with E-state index < -0.39 is 0 Å². The van der Waals surface area contributed by atoms with Crippen molar-refractivity contribution in [2.24, 2.45) is 5.73 Å². The SMILES string of the molecule is Cc1c(C)c(C)c(C(N)c2ccsc2)c(C)c1C. The highest BCUT2D eigenvalue weighted by Crippen LogP contribution is 2.32. The first-order valence-corrected chi connectivity index (χ1v) is 7.24. The number of thiophene rings is 1. The zero-order chi connectivity index (χ0) is 13.4. The molecule has 0 amide bonds. The van der Waals surface area contributed by atoms with E-state index in [0.29, 0.717) is 0 Å². The molecule has 0 aliphatic heterocycles.